The zero-order valence-corrected chi connectivity index (χ0v) is 18.3. The molecule has 0 atom stereocenters. The number of urea groups is 1. The number of aliphatic hydroxyl groups excluding tert-OH is 1. The van der Waals surface area contributed by atoms with Gasteiger partial charge in [0.2, 0.25) is 0 Å². The van der Waals surface area contributed by atoms with Gasteiger partial charge in [-0.3, -0.25) is 4.98 Å². The summed E-state index contributed by atoms with van der Waals surface area (Å²) in [6, 6.07) is 12.9. The molecule has 3 N–H and O–H groups in total. The number of halogens is 1. The van der Waals surface area contributed by atoms with Gasteiger partial charge in [0.25, 0.3) is 0 Å². The van der Waals surface area contributed by atoms with E-state index in [1.807, 2.05) is 24.3 Å². The third kappa shape index (κ3) is 3.87. The van der Waals surface area contributed by atoms with Crippen molar-refractivity contribution in [3.05, 3.63) is 70.8 Å². The van der Waals surface area contributed by atoms with Gasteiger partial charge < -0.3 is 25.0 Å². The Morgan fingerprint density at radius 3 is 2.94 bits per heavy atom. The van der Waals surface area contributed by atoms with E-state index in [1.54, 1.807) is 11.0 Å². The van der Waals surface area contributed by atoms with E-state index < -0.39 is 5.82 Å². The van der Waals surface area contributed by atoms with E-state index in [4.69, 9.17) is 14.8 Å². The molecule has 2 aromatic carbocycles. The summed E-state index contributed by atoms with van der Waals surface area (Å²) in [5.41, 5.74) is 5.55. The van der Waals surface area contributed by atoms with Gasteiger partial charge in [-0.25, -0.2) is 9.18 Å². The molecule has 2 amide bonds. The number of H-pyrrole nitrogens is 1. The Morgan fingerprint density at radius 1 is 1.30 bits per heavy atom. The monoisotopic (exact) mass is 448 g/mol. The summed E-state index contributed by atoms with van der Waals surface area (Å²) < 4.78 is 19.4. The maximum atomic E-state index is 14.3. The fourth-order valence-electron chi connectivity index (χ4n) is 4.60. The Kier molecular flexibility index (Phi) is 5.60. The summed E-state index contributed by atoms with van der Waals surface area (Å²) in [5, 5.41) is 14.0. The van der Waals surface area contributed by atoms with Crippen LogP contribution in [-0.4, -0.2) is 52.8 Å². The average Bonchev–Trinajstić information content (AvgIpc) is 3.22. The minimum Gasteiger partial charge on any atom is -0.494 e. The standard InChI is InChI=1S/C25H25FN4O3/c1-33-22-7-6-15(12-18(22)26)13-20-24-23(16-4-2-3-5-19(16)29-24)17-8-10-30(14-21(17)28-20)25(32)27-9-11-31/h2-7,12,29,31H,8-11,13-14H2,1H3,(H,27,32). The highest BCUT2D eigenvalue weighted by Crippen LogP contribution is 2.35. The molecule has 0 saturated carbocycles. The Hall–Kier alpha value is -3.65. The van der Waals surface area contributed by atoms with Crippen molar-refractivity contribution in [3.8, 4) is 5.75 Å². The van der Waals surface area contributed by atoms with Gasteiger partial charge >= 0.3 is 6.03 Å². The fraction of sp³-hybridized carbons (Fsp3) is 0.280. The molecule has 0 saturated heterocycles. The van der Waals surface area contributed by atoms with E-state index in [-0.39, 0.29) is 24.9 Å². The zero-order valence-electron chi connectivity index (χ0n) is 18.3. The van der Waals surface area contributed by atoms with E-state index >= 15 is 0 Å². The normalized spacial score (nSPS) is 13.4. The van der Waals surface area contributed by atoms with E-state index in [2.05, 4.69) is 16.4 Å². The van der Waals surface area contributed by atoms with Crippen LogP contribution in [0.15, 0.2) is 42.5 Å². The molecule has 5 rings (SSSR count). The fourth-order valence-corrected chi connectivity index (χ4v) is 4.60. The summed E-state index contributed by atoms with van der Waals surface area (Å²) in [6.45, 7) is 1.06. The predicted octanol–water partition coefficient (Wildman–Crippen LogP) is 3.51. The minimum atomic E-state index is -0.410. The molecule has 2 aromatic heterocycles. The van der Waals surface area contributed by atoms with E-state index in [1.165, 1.54) is 13.2 Å². The lowest BCUT2D eigenvalue weighted by Gasteiger charge is -2.29. The number of methoxy groups -OCH3 is 1. The van der Waals surface area contributed by atoms with Crippen molar-refractivity contribution >= 4 is 27.8 Å². The molecule has 0 spiro atoms. The quantitative estimate of drug-likeness (QED) is 0.436. The number of aromatic nitrogens is 2. The van der Waals surface area contributed by atoms with E-state index in [9.17, 15) is 9.18 Å². The minimum absolute atomic E-state index is 0.104. The van der Waals surface area contributed by atoms with Crippen molar-refractivity contribution < 1.29 is 19.0 Å². The van der Waals surface area contributed by atoms with E-state index in [0.717, 1.165) is 44.3 Å². The van der Waals surface area contributed by atoms with Crippen molar-refractivity contribution in [2.24, 2.45) is 0 Å². The summed E-state index contributed by atoms with van der Waals surface area (Å²) >= 11 is 0. The first-order valence-electron chi connectivity index (χ1n) is 11.0. The number of benzene rings is 2. The van der Waals surface area contributed by atoms with Crippen LogP contribution in [0, 0.1) is 5.82 Å². The predicted molar refractivity (Wildman–Crippen MR) is 124 cm³/mol. The van der Waals surface area contributed by atoms with Crippen molar-refractivity contribution in [1.82, 2.24) is 20.2 Å². The molecule has 7 nitrogen and oxygen atoms in total. The number of pyridine rings is 1. The SMILES string of the molecule is COc1ccc(Cc2nc3c(c4c2[nH]c2ccccc24)CCN(C(=O)NCCO)C3)cc1F. The van der Waals surface area contributed by atoms with Crippen LogP contribution in [-0.2, 0) is 19.4 Å². The molecule has 170 valence electrons. The van der Waals surface area contributed by atoms with Gasteiger partial charge in [-0.1, -0.05) is 24.3 Å². The molecular weight excluding hydrogens is 423 g/mol. The lowest BCUT2D eigenvalue weighted by molar-refractivity contribution is 0.187. The maximum absolute atomic E-state index is 14.3. The number of carbonyl (C=O) groups is 1. The van der Waals surface area contributed by atoms with Crippen molar-refractivity contribution in [3.63, 3.8) is 0 Å². The Balaban J connectivity index is 1.60. The number of carbonyl (C=O) groups excluding carboxylic acids is 1. The lowest BCUT2D eigenvalue weighted by Crippen LogP contribution is -2.44. The topological polar surface area (TPSA) is 90.5 Å². The highest BCUT2D eigenvalue weighted by molar-refractivity contribution is 6.10. The van der Waals surface area contributed by atoms with Gasteiger partial charge in [0.1, 0.15) is 0 Å². The molecule has 0 unspecified atom stereocenters. The Bertz CT molecular complexity index is 1350. The molecule has 3 heterocycles. The smallest absolute Gasteiger partial charge is 0.317 e. The zero-order chi connectivity index (χ0) is 22.9. The number of hydrogen-bond donors (Lipinski definition) is 3. The Morgan fingerprint density at radius 2 is 2.15 bits per heavy atom. The second-order valence-corrected chi connectivity index (χ2v) is 8.18. The number of ether oxygens (including phenoxy) is 1. The molecule has 8 heteroatoms. The van der Waals surface area contributed by atoms with Crippen LogP contribution in [0.1, 0.15) is 22.5 Å². The number of aromatic amines is 1. The van der Waals surface area contributed by atoms with Crippen LogP contribution < -0.4 is 10.1 Å². The molecular formula is C25H25FN4O3. The molecule has 0 radical (unpaired) electrons. The summed E-state index contributed by atoms with van der Waals surface area (Å²) in [6.07, 6.45) is 1.12. The number of nitrogens with zero attached hydrogens (tertiary/aromatic N) is 2. The molecule has 0 bridgehead atoms. The first kappa shape index (κ1) is 21.2. The molecule has 1 aliphatic rings. The van der Waals surface area contributed by atoms with Crippen LogP contribution in [0.2, 0.25) is 0 Å². The van der Waals surface area contributed by atoms with Crippen LogP contribution in [0.25, 0.3) is 21.8 Å². The van der Waals surface area contributed by atoms with Crippen LogP contribution >= 0.6 is 0 Å². The third-order valence-corrected chi connectivity index (χ3v) is 6.15. The van der Waals surface area contributed by atoms with E-state index in [0.29, 0.717) is 25.9 Å². The van der Waals surface area contributed by atoms with Crippen LogP contribution in [0.3, 0.4) is 0 Å². The molecule has 1 aliphatic heterocycles. The summed E-state index contributed by atoms with van der Waals surface area (Å²) in [5.74, 6) is -0.204. The summed E-state index contributed by atoms with van der Waals surface area (Å²) in [7, 11) is 1.44. The van der Waals surface area contributed by atoms with Crippen molar-refractivity contribution in [2.75, 3.05) is 26.8 Å². The highest BCUT2D eigenvalue weighted by atomic mass is 19.1. The van der Waals surface area contributed by atoms with Gasteiger partial charge in [-0.2, -0.15) is 0 Å². The average molecular weight is 448 g/mol. The molecule has 33 heavy (non-hydrogen) atoms. The lowest BCUT2D eigenvalue weighted by atomic mass is 9.96. The number of hydrogen-bond acceptors (Lipinski definition) is 4. The van der Waals surface area contributed by atoms with Gasteiger partial charge in [0.05, 0.1) is 37.2 Å². The number of rotatable bonds is 5. The molecule has 0 aliphatic carbocycles. The van der Waals surface area contributed by atoms with Crippen molar-refractivity contribution in [1.29, 1.82) is 0 Å². The number of fused-ring (bicyclic) bond motifs is 5. The van der Waals surface area contributed by atoms with Crippen LogP contribution in [0.4, 0.5) is 9.18 Å². The third-order valence-electron chi connectivity index (χ3n) is 6.15. The van der Waals surface area contributed by atoms with Gasteiger partial charge in [-0.05, 0) is 35.7 Å². The number of nitrogens with one attached hydrogen (secondary N) is 2. The number of amides is 2. The van der Waals surface area contributed by atoms with Crippen molar-refractivity contribution in [2.45, 2.75) is 19.4 Å². The van der Waals surface area contributed by atoms with Crippen LogP contribution in [0.5, 0.6) is 5.75 Å². The maximum Gasteiger partial charge on any atom is 0.317 e. The second-order valence-electron chi connectivity index (χ2n) is 8.18. The second kappa shape index (κ2) is 8.71. The highest BCUT2D eigenvalue weighted by Gasteiger charge is 2.26. The largest absolute Gasteiger partial charge is 0.494 e. The van der Waals surface area contributed by atoms with Gasteiger partial charge in [0.15, 0.2) is 11.6 Å². The van der Waals surface area contributed by atoms with Gasteiger partial charge in [0, 0.05) is 35.8 Å². The number of para-hydroxylation sites is 1. The Labute approximate surface area is 190 Å². The molecule has 4 aromatic rings. The first-order valence-corrected chi connectivity index (χ1v) is 11.0. The first-order chi connectivity index (χ1) is 16.1. The van der Waals surface area contributed by atoms with Gasteiger partial charge in [-0.15, -0.1) is 0 Å². The summed E-state index contributed by atoms with van der Waals surface area (Å²) in [4.78, 5) is 22.7. The number of aliphatic hydroxyl groups is 1. The molecule has 0 fully saturated rings.